The van der Waals surface area contributed by atoms with E-state index in [9.17, 15) is 4.79 Å². The van der Waals surface area contributed by atoms with Crippen LogP contribution in [-0.4, -0.2) is 58.6 Å². The molecule has 2 unspecified atom stereocenters. The maximum absolute atomic E-state index is 11.0. The summed E-state index contributed by atoms with van der Waals surface area (Å²) in [6.07, 6.45) is 7.50. The van der Waals surface area contributed by atoms with Gasteiger partial charge in [0.25, 0.3) is 0 Å². The first kappa shape index (κ1) is 11.5. The highest BCUT2D eigenvalue weighted by molar-refractivity contribution is 5.69. The number of hydrogen-bond acceptors (Lipinski definition) is 3. The van der Waals surface area contributed by atoms with Crippen LogP contribution in [0.4, 0.5) is 0 Å². The maximum atomic E-state index is 11.0. The molecule has 0 amide bonds. The second-order valence-corrected chi connectivity index (χ2v) is 5.75. The van der Waals surface area contributed by atoms with Gasteiger partial charge in [0.15, 0.2) is 0 Å². The molecule has 1 N–H and O–H groups in total. The lowest BCUT2D eigenvalue weighted by atomic mass is 9.97. The summed E-state index contributed by atoms with van der Waals surface area (Å²) in [5.41, 5.74) is 0. The minimum Gasteiger partial charge on any atom is -0.480 e. The summed E-state index contributed by atoms with van der Waals surface area (Å²) >= 11 is 0. The van der Waals surface area contributed by atoms with Crippen LogP contribution in [0.3, 0.4) is 0 Å². The van der Waals surface area contributed by atoms with Crippen LogP contribution in [0, 0.1) is 0 Å². The zero-order valence-corrected chi connectivity index (χ0v) is 10.3. The number of fused-ring (bicyclic) bond motifs is 1. The Morgan fingerprint density at radius 2 is 2.00 bits per heavy atom. The van der Waals surface area contributed by atoms with E-state index < -0.39 is 5.97 Å². The molecule has 3 fully saturated rings. The maximum Gasteiger partial charge on any atom is 0.317 e. The molecule has 17 heavy (non-hydrogen) atoms. The lowest BCUT2D eigenvalue weighted by Crippen LogP contribution is -2.49. The van der Waals surface area contributed by atoms with Gasteiger partial charge in [0, 0.05) is 24.7 Å². The minimum atomic E-state index is -0.661. The average molecular weight is 238 g/mol. The molecule has 3 rings (SSSR count). The van der Waals surface area contributed by atoms with Gasteiger partial charge in [0.2, 0.25) is 0 Å². The summed E-state index contributed by atoms with van der Waals surface area (Å²) in [5, 5.41) is 9.06. The van der Waals surface area contributed by atoms with Gasteiger partial charge in [-0.1, -0.05) is 6.42 Å². The Morgan fingerprint density at radius 3 is 2.71 bits per heavy atom. The molecule has 0 spiro atoms. The van der Waals surface area contributed by atoms with Crippen LogP contribution in [0.15, 0.2) is 0 Å². The molecule has 2 heterocycles. The number of aliphatic carboxylic acids is 1. The normalized spacial score (nSPS) is 33.9. The van der Waals surface area contributed by atoms with Gasteiger partial charge in [-0.2, -0.15) is 0 Å². The van der Waals surface area contributed by atoms with Crippen molar-refractivity contribution in [2.75, 3.05) is 19.6 Å². The second kappa shape index (κ2) is 4.58. The quantitative estimate of drug-likeness (QED) is 0.798. The Bertz CT molecular complexity index is 304. The Kier molecular flexibility index (Phi) is 3.09. The molecule has 1 aliphatic carbocycles. The van der Waals surface area contributed by atoms with Crippen molar-refractivity contribution in [2.24, 2.45) is 0 Å². The van der Waals surface area contributed by atoms with Crippen molar-refractivity contribution in [3.8, 4) is 0 Å². The van der Waals surface area contributed by atoms with E-state index in [1.807, 2.05) is 0 Å². The first-order chi connectivity index (χ1) is 8.25. The number of hydrogen-bond donors (Lipinski definition) is 1. The topological polar surface area (TPSA) is 43.8 Å². The van der Waals surface area contributed by atoms with E-state index in [1.54, 1.807) is 0 Å². The van der Waals surface area contributed by atoms with Crippen LogP contribution >= 0.6 is 0 Å². The van der Waals surface area contributed by atoms with Crippen LogP contribution in [0.1, 0.15) is 38.5 Å². The molecule has 3 aliphatic rings. The van der Waals surface area contributed by atoms with Gasteiger partial charge in [-0.05, 0) is 38.6 Å². The Hall–Kier alpha value is -0.610. The van der Waals surface area contributed by atoms with E-state index in [1.165, 1.54) is 51.6 Å². The van der Waals surface area contributed by atoms with Crippen molar-refractivity contribution in [3.63, 3.8) is 0 Å². The van der Waals surface area contributed by atoms with Crippen LogP contribution in [0.5, 0.6) is 0 Å². The summed E-state index contributed by atoms with van der Waals surface area (Å²) in [6, 6.07) is 1.72. The lowest BCUT2D eigenvalue weighted by molar-refractivity contribution is -0.139. The molecule has 2 saturated heterocycles. The van der Waals surface area contributed by atoms with E-state index in [0.29, 0.717) is 18.1 Å². The molecule has 2 aliphatic heterocycles. The largest absolute Gasteiger partial charge is 0.480 e. The monoisotopic (exact) mass is 238 g/mol. The van der Waals surface area contributed by atoms with Crippen LogP contribution < -0.4 is 0 Å². The average Bonchev–Trinajstić information content (AvgIpc) is 3.06. The second-order valence-electron chi connectivity index (χ2n) is 5.75. The predicted octanol–water partition coefficient (Wildman–Crippen LogP) is 1.16. The first-order valence-electron chi connectivity index (χ1n) is 6.97. The number of carboxylic acid groups (broad SMARTS) is 1. The van der Waals surface area contributed by atoms with Crippen molar-refractivity contribution >= 4 is 5.97 Å². The molecular formula is C13H22N2O2. The fourth-order valence-corrected chi connectivity index (χ4v) is 3.69. The third kappa shape index (κ3) is 2.33. The SMILES string of the molecule is O=C(O)CN(C1CC1)C1CCN2CCCCC12. The molecule has 2 atom stereocenters. The molecule has 0 radical (unpaired) electrons. The molecule has 0 aromatic carbocycles. The summed E-state index contributed by atoms with van der Waals surface area (Å²) in [7, 11) is 0. The molecule has 0 bridgehead atoms. The lowest BCUT2D eigenvalue weighted by Gasteiger charge is -2.37. The predicted molar refractivity (Wildman–Crippen MR) is 65.0 cm³/mol. The smallest absolute Gasteiger partial charge is 0.317 e. The van der Waals surface area contributed by atoms with Gasteiger partial charge in [-0.15, -0.1) is 0 Å². The van der Waals surface area contributed by atoms with E-state index in [-0.39, 0.29) is 6.54 Å². The van der Waals surface area contributed by atoms with E-state index >= 15 is 0 Å². The first-order valence-corrected chi connectivity index (χ1v) is 6.97. The fraction of sp³-hybridized carbons (Fsp3) is 0.923. The highest BCUT2D eigenvalue weighted by atomic mass is 16.4. The highest BCUT2D eigenvalue weighted by Gasteiger charge is 2.43. The molecular weight excluding hydrogens is 216 g/mol. The number of piperidine rings is 1. The Balaban J connectivity index is 1.70. The minimum absolute atomic E-state index is 0.250. The van der Waals surface area contributed by atoms with Gasteiger partial charge in [0.05, 0.1) is 6.54 Å². The van der Waals surface area contributed by atoms with E-state index in [2.05, 4.69) is 9.80 Å². The van der Waals surface area contributed by atoms with Gasteiger partial charge in [0.1, 0.15) is 0 Å². The number of rotatable bonds is 4. The molecule has 0 aromatic rings. The van der Waals surface area contributed by atoms with Crippen molar-refractivity contribution in [2.45, 2.75) is 56.7 Å². The zero-order chi connectivity index (χ0) is 11.8. The third-order valence-corrected chi connectivity index (χ3v) is 4.58. The van der Waals surface area contributed by atoms with Gasteiger partial charge in [-0.25, -0.2) is 0 Å². The zero-order valence-electron chi connectivity index (χ0n) is 10.3. The Morgan fingerprint density at radius 1 is 1.18 bits per heavy atom. The van der Waals surface area contributed by atoms with Crippen molar-refractivity contribution < 1.29 is 9.90 Å². The fourth-order valence-electron chi connectivity index (χ4n) is 3.69. The van der Waals surface area contributed by atoms with Gasteiger partial charge >= 0.3 is 5.97 Å². The molecule has 1 saturated carbocycles. The van der Waals surface area contributed by atoms with Crippen molar-refractivity contribution in [1.29, 1.82) is 0 Å². The number of nitrogens with zero attached hydrogens (tertiary/aromatic N) is 2. The third-order valence-electron chi connectivity index (χ3n) is 4.58. The van der Waals surface area contributed by atoms with Crippen molar-refractivity contribution in [1.82, 2.24) is 9.80 Å². The van der Waals surface area contributed by atoms with E-state index in [4.69, 9.17) is 5.11 Å². The molecule has 4 nitrogen and oxygen atoms in total. The van der Waals surface area contributed by atoms with Gasteiger partial charge < -0.3 is 5.11 Å². The molecule has 96 valence electrons. The summed E-state index contributed by atoms with van der Waals surface area (Å²) in [5.74, 6) is -0.661. The summed E-state index contributed by atoms with van der Waals surface area (Å²) in [6.45, 7) is 2.66. The number of carbonyl (C=O) groups is 1. The van der Waals surface area contributed by atoms with Crippen molar-refractivity contribution in [3.05, 3.63) is 0 Å². The number of carboxylic acids is 1. The Labute approximate surface area is 103 Å². The van der Waals surface area contributed by atoms with Crippen LogP contribution in [0.25, 0.3) is 0 Å². The highest BCUT2D eigenvalue weighted by Crippen LogP contribution is 2.36. The van der Waals surface area contributed by atoms with Crippen LogP contribution in [0.2, 0.25) is 0 Å². The summed E-state index contributed by atoms with van der Waals surface area (Å²) < 4.78 is 0. The molecule has 0 aromatic heterocycles. The molecule has 4 heteroatoms. The standard InChI is InChI=1S/C13H22N2O2/c16-13(17)9-15(10-4-5-10)12-6-8-14-7-2-1-3-11(12)14/h10-12H,1-9H2,(H,16,17). The van der Waals surface area contributed by atoms with Gasteiger partial charge in [-0.3, -0.25) is 14.6 Å². The van der Waals surface area contributed by atoms with Crippen LogP contribution in [-0.2, 0) is 4.79 Å². The summed E-state index contributed by atoms with van der Waals surface area (Å²) in [4.78, 5) is 15.9. The van der Waals surface area contributed by atoms with E-state index in [0.717, 1.165) is 0 Å².